The normalized spacial score (nSPS) is 10.7. The average molecular weight is 341 g/mol. The fourth-order valence-electron chi connectivity index (χ4n) is 3.09. The zero-order valence-electron chi connectivity index (χ0n) is 13.8. The summed E-state index contributed by atoms with van der Waals surface area (Å²) in [5, 5.41) is 14.1. The predicted molar refractivity (Wildman–Crippen MR) is 97.4 cm³/mol. The van der Waals surface area contributed by atoms with E-state index in [2.05, 4.69) is 11.2 Å². The number of amides is 1. The van der Waals surface area contributed by atoms with Gasteiger partial charge in [-0.15, -0.1) is 0 Å². The standard InChI is InChI=1S/C20H15N5O/c21-10-16-15(11-24-9-5-4-8-18(16)24)12-25-13-17(20(22)26)19(23-25)14-6-2-1-3-7-14/h1-9,11,13H,12H2,(H2,22,26). The van der Waals surface area contributed by atoms with E-state index < -0.39 is 5.91 Å². The van der Waals surface area contributed by atoms with E-state index in [1.807, 2.05) is 65.3 Å². The van der Waals surface area contributed by atoms with Crippen molar-refractivity contribution in [3.05, 3.63) is 83.8 Å². The number of benzene rings is 1. The topological polar surface area (TPSA) is 89.1 Å². The van der Waals surface area contributed by atoms with Gasteiger partial charge in [-0.3, -0.25) is 9.48 Å². The van der Waals surface area contributed by atoms with Crippen LogP contribution in [-0.4, -0.2) is 20.1 Å². The molecule has 4 aromatic rings. The summed E-state index contributed by atoms with van der Waals surface area (Å²) >= 11 is 0. The number of hydrogen-bond acceptors (Lipinski definition) is 3. The van der Waals surface area contributed by atoms with E-state index in [9.17, 15) is 10.1 Å². The third-order valence-electron chi connectivity index (χ3n) is 4.28. The fourth-order valence-corrected chi connectivity index (χ4v) is 3.09. The van der Waals surface area contributed by atoms with Crippen LogP contribution in [0.3, 0.4) is 0 Å². The Morgan fingerprint density at radius 3 is 2.62 bits per heavy atom. The SMILES string of the molecule is N#Cc1c(Cn2cc(C(N)=O)c(-c3ccccc3)n2)cn2ccccc12. The summed E-state index contributed by atoms with van der Waals surface area (Å²) in [5.41, 5.74) is 9.52. The molecule has 1 aromatic carbocycles. The Morgan fingerprint density at radius 1 is 1.12 bits per heavy atom. The van der Waals surface area contributed by atoms with Crippen molar-refractivity contribution >= 4 is 11.4 Å². The molecule has 0 unspecified atom stereocenters. The van der Waals surface area contributed by atoms with E-state index in [1.54, 1.807) is 10.9 Å². The smallest absolute Gasteiger partial charge is 0.252 e. The van der Waals surface area contributed by atoms with Crippen molar-refractivity contribution in [1.29, 1.82) is 5.26 Å². The summed E-state index contributed by atoms with van der Waals surface area (Å²) in [6.07, 6.45) is 5.43. The molecule has 1 amide bonds. The van der Waals surface area contributed by atoms with Crippen LogP contribution in [0.4, 0.5) is 0 Å². The highest BCUT2D eigenvalue weighted by Crippen LogP contribution is 2.23. The number of rotatable bonds is 4. The Morgan fingerprint density at radius 2 is 1.88 bits per heavy atom. The molecule has 0 atom stereocenters. The van der Waals surface area contributed by atoms with Gasteiger partial charge in [0.05, 0.1) is 23.2 Å². The maximum atomic E-state index is 11.8. The van der Waals surface area contributed by atoms with E-state index in [1.165, 1.54) is 0 Å². The molecule has 2 N–H and O–H groups in total. The van der Waals surface area contributed by atoms with Gasteiger partial charge in [-0.25, -0.2) is 0 Å². The van der Waals surface area contributed by atoms with Crippen molar-refractivity contribution in [2.24, 2.45) is 5.73 Å². The number of pyridine rings is 1. The number of carbonyl (C=O) groups is 1. The van der Waals surface area contributed by atoms with Gasteiger partial charge in [0.2, 0.25) is 0 Å². The van der Waals surface area contributed by atoms with E-state index in [0.717, 1.165) is 16.6 Å². The van der Waals surface area contributed by atoms with Gasteiger partial charge in [0.25, 0.3) is 5.91 Å². The van der Waals surface area contributed by atoms with Gasteiger partial charge in [-0.1, -0.05) is 36.4 Å². The second-order valence-electron chi connectivity index (χ2n) is 5.95. The molecule has 0 saturated carbocycles. The number of carbonyl (C=O) groups excluding carboxylic acids is 1. The van der Waals surface area contributed by atoms with Crippen LogP contribution in [-0.2, 0) is 6.54 Å². The number of nitrogens with two attached hydrogens (primary N) is 1. The Kier molecular flexibility index (Phi) is 3.75. The van der Waals surface area contributed by atoms with Crippen LogP contribution >= 0.6 is 0 Å². The van der Waals surface area contributed by atoms with Crippen molar-refractivity contribution in [1.82, 2.24) is 14.2 Å². The Labute approximate surface area is 149 Å². The van der Waals surface area contributed by atoms with E-state index in [0.29, 0.717) is 23.4 Å². The molecule has 4 rings (SSSR count). The lowest BCUT2D eigenvalue weighted by molar-refractivity contribution is 0.100. The van der Waals surface area contributed by atoms with Gasteiger partial charge < -0.3 is 10.1 Å². The van der Waals surface area contributed by atoms with Gasteiger partial charge in [0.15, 0.2) is 0 Å². The lowest BCUT2D eigenvalue weighted by Crippen LogP contribution is -2.11. The van der Waals surface area contributed by atoms with Crippen molar-refractivity contribution in [3.63, 3.8) is 0 Å². The largest absolute Gasteiger partial charge is 0.365 e. The van der Waals surface area contributed by atoms with Gasteiger partial charge in [0.1, 0.15) is 11.8 Å². The molecule has 0 fully saturated rings. The zero-order chi connectivity index (χ0) is 18.1. The number of nitriles is 1. The first-order chi connectivity index (χ1) is 12.7. The van der Waals surface area contributed by atoms with Gasteiger partial charge in [-0.2, -0.15) is 10.4 Å². The Hall–Kier alpha value is -3.85. The van der Waals surface area contributed by atoms with Gasteiger partial charge in [-0.05, 0) is 12.1 Å². The summed E-state index contributed by atoms with van der Waals surface area (Å²) in [6, 6.07) is 17.4. The van der Waals surface area contributed by atoms with Gasteiger partial charge >= 0.3 is 0 Å². The molecule has 0 bridgehead atoms. The first kappa shape index (κ1) is 15.7. The monoisotopic (exact) mass is 341 g/mol. The van der Waals surface area contributed by atoms with Crippen LogP contribution in [0.2, 0.25) is 0 Å². The third kappa shape index (κ3) is 2.62. The average Bonchev–Trinajstić information content (AvgIpc) is 3.23. The minimum Gasteiger partial charge on any atom is -0.365 e. The van der Waals surface area contributed by atoms with E-state index >= 15 is 0 Å². The molecule has 0 aliphatic rings. The molecule has 3 heterocycles. The molecular formula is C20H15N5O. The molecular weight excluding hydrogens is 326 g/mol. The lowest BCUT2D eigenvalue weighted by Gasteiger charge is -2.00. The minimum atomic E-state index is -0.530. The van der Waals surface area contributed by atoms with Crippen LogP contribution in [0.5, 0.6) is 0 Å². The second-order valence-corrected chi connectivity index (χ2v) is 5.95. The molecule has 26 heavy (non-hydrogen) atoms. The molecule has 0 saturated heterocycles. The quantitative estimate of drug-likeness (QED) is 0.619. The Bertz CT molecular complexity index is 1150. The summed E-state index contributed by atoms with van der Waals surface area (Å²) < 4.78 is 3.56. The highest BCUT2D eigenvalue weighted by molar-refractivity contribution is 5.98. The fraction of sp³-hybridized carbons (Fsp3) is 0.0500. The highest BCUT2D eigenvalue weighted by Gasteiger charge is 2.17. The van der Waals surface area contributed by atoms with Crippen molar-refractivity contribution in [3.8, 4) is 17.3 Å². The molecule has 0 aliphatic carbocycles. The summed E-state index contributed by atoms with van der Waals surface area (Å²) in [4.78, 5) is 11.8. The molecule has 3 aromatic heterocycles. The number of fused-ring (bicyclic) bond motifs is 1. The molecule has 6 nitrogen and oxygen atoms in total. The second kappa shape index (κ2) is 6.22. The van der Waals surface area contributed by atoms with Crippen LogP contribution in [0, 0.1) is 11.3 Å². The van der Waals surface area contributed by atoms with Crippen molar-refractivity contribution in [2.45, 2.75) is 6.54 Å². The summed E-state index contributed by atoms with van der Waals surface area (Å²) in [7, 11) is 0. The highest BCUT2D eigenvalue weighted by atomic mass is 16.1. The minimum absolute atomic E-state index is 0.360. The molecule has 0 aliphatic heterocycles. The third-order valence-corrected chi connectivity index (χ3v) is 4.28. The van der Waals surface area contributed by atoms with Crippen molar-refractivity contribution < 1.29 is 4.79 Å². The zero-order valence-corrected chi connectivity index (χ0v) is 13.8. The maximum Gasteiger partial charge on any atom is 0.252 e. The number of nitrogens with zero attached hydrogens (tertiary/aromatic N) is 4. The summed E-state index contributed by atoms with van der Waals surface area (Å²) in [6.45, 7) is 0.373. The Balaban J connectivity index is 1.79. The predicted octanol–water partition coefficient (Wildman–Crippen LogP) is 2.82. The molecule has 6 heteroatoms. The van der Waals surface area contributed by atoms with E-state index in [-0.39, 0.29) is 0 Å². The van der Waals surface area contributed by atoms with Gasteiger partial charge in [0, 0.05) is 29.7 Å². The molecule has 126 valence electrons. The van der Waals surface area contributed by atoms with E-state index in [4.69, 9.17) is 5.73 Å². The van der Waals surface area contributed by atoms with Crippen molar-refractivity contribution in [2.75, 3.05) is 0 Å². The first-order valence-corrected chi connectivity index (χ1v) is 8.08. The maximum absolute atomic E-state index is 11.8. The van der Waals surface area contributed by atoms with Crippen LogP contribution in [0.15, 0.2) is 67.1 Å². The number of aromatic nitrogens is 3. The van der Waals surface area contributed by atoms with Crippen LogP contribution in [0.1, 0.15) is 21.5 Å². The molecule has 0 spiro atoms. The number of primary amides is 1. The summed E-state index contributed by atoms with van der Waals surface area (Å²) in [5.74, 6) is -0.530. The van der Waals surface area contributed by atoms with Crippen LogP contribution in [0.25, 0.3) is 16.8 Å². The first-order valence-electron chi connectivity index (χ1n) is 8.08. The molecule has 0 radical (unpaired) electrons. The number of hydrogen-bond donors (Lipinski definition) is 1. The van der Waals surface area contributed by atoms with Crippen LogP contribution < -0.4 is 5.73 Å². The lowest BCUT2D eigenvalue weighted by atomic mass is 10.1.